The molecule has 0 radical (unpaired) electrons. The van der Waals surface area contributed by atoms with E-state index in [-0.39, 0.29) is 47.9 Å². The highest BCUT2D eigenvalue weighted by atomic mass is 35.5. The number of amides is 1. The van der Waals surface area contributed by atoms with E-state index in [0.29, 0.717) is 16.5 Å². The molecule has 4 rings (SSSR count). The van der Waals surface area contributed by atoms with Crippen molar-refractivity contribution in [2.24, 2.45) is 0 Å². The van der Waals surface area contributed by atoms with E-state index in [1.807, 2.05) is 18.2 Å². The lowest BCUT2D eigenvalue weighted by molar-refractivity contribution is 0.0699. The molecule has 1 aromatic heterocycles. The Morgan fingerprint density at radius 2 is 1.77 bits per heavy atom. The smallest absolute Gasteiger partial charge is 0.254 e. The molecule has 0 spiro atoms. The molecule has 0 saturated carbocycles. The van der Waals surface area contributed by atoms with E-state index in [0.717, 1.165) is 5.56 Å². The van der Waals surface area contributed by atoms with Gasteiger partial charge in [0, 0.05) is 31.6 Å². The molecule has 3 aromatic rings. The van der Waals surface area contributed by atoms with E-state index in [2.05, 4.69) is 4.98 Å². The van der Waals surface area contributed by atoms with Gasteiger partial charge in [-0.1, -0.05) is 35.9 Å². The summed E-state index contributed by atoms with van der Waals surface area (Å²) in [5, 5.41) is 11.0. The van der Waals surface area contributed by atoms with Crippen molar-refractivity contribution in [2.45, 2.75) is 11.8 Å². The average Bonchev–Trinajstić information content (AvgIpc) is 2.74. The van der Waals surface area contributed by atoms with Gasteiger partial charge in [-0.25, -0.2) is 13.4 Å². The predicted molar refractivity (Wildman–Crippen MR) is 114 cm³/mol. The van der Waals surface area contributed by atoms with Crippen LogP contribution in [-0.4, -0.2) is 59.8 Å². The van der Waals surface area contributed by atoms with Crippen LogP contribution in [0.2, 0.25) is 5.15 Å². The van der Waals surface area contributed by atoms with Crippen LogP contribution in [0.3, 0.4) is 0 Å². The van der Waals surface area contributed by atoms with E-state index in [1.54, 1.807) is 30.0 Å². The van der Waals surface area contributed by atoms with Crippen molar-refractivity contribution in [1.29, 1.82) is 0 Å². The first-order valence-electron chi connectivity index (χ1n) is 9.42. The first-order valence-corrected chi connectivity index (χ1v) is 11.2. The summed E-state index contributed by atoms with van der Waals surface area (Å²) in [5.74, 6) is -0.497. The van der Waals surface area contributed by atoms with Crippen LogP contribution in [0, 0.1) is 6.92 Å². The van der Waals surface area contributed by atoms with Crippen LogP contribution in [0.4, 0.5) is 0 Å². The van der Waals surface area contributed by atoms with Crippen molar-refractivity contribution in [3.63, 3.8) is 0 Å². The summed E-state index contributed by atoms with van der Waals surface area (Å²) in [6.07, 6.45) is 0. The van der Waals surface area contributed by atoms with Crippen LogP contribution in [0.5, 0.6) is 5.75 Å². The number of fused-ring (bicyclic) bond motifs is 1. The van der Waals surface area contributed by atoms with Gasteiger partial charge >= 0.3 is 0 Å². The standard InChI is InChI=1S/C21H20ClN3O4S/c1-14-6-7-18(26)19(12-14)30(28,29)25-10-8-24(9-11-25)21(27)16-13-20(22)23-17-5-3-2-4-15(16)17/h2-7,12-13,26H,8-11H2,1H3. The second-order valence-corrected chi connectivity index (χ2v) is 9.47. The molecule has 1 N–H and O–H groups in total. The zero-order chi connectivity index (χ0) is 21.5. The van der Waals surface area contributed by atoms with Crippen molar-refractivity contribution in [3.05, 3.63) is 64.8 Å². The Balaban J connectivity index is 1.55. The lowest BCUT2D eigenvalue weighted by Crippen LogP contribution is -2.50. The van der Waals surface area contributed by atoms with Gasteiger partial charge in [0.1, 0.15) is 15.8 Å². The van der Waals surface area contributed by atoms with E-state index in [9.17, 15) is 18.3 Å². The fraction of sp³-hybridized carbons (Fsp3) is 0.238. The number of aryl methyl sites for hydroxylation is 1. The molecule has 30 heavy (non-hydrogen) atoms. The molecule has 7 nitrogen and oxygen atoms in total. The first kappa shape index (κ1) is 20.6. The van der Waals surface area contributed by atoms with Gasteiger partial charge in [0.25, 0.3) is 5.91 Å². The summed E-state index contributed by atoms with van der Waals surface area (Å²) in [4.78, 5) is 18.9. The van der Waals surface area contributed by atoms with Crippen molar-refractivity contribution in [1.82, 2.24) is 14.2 Å². The van der Waals surface area contributed by atoms with Gasteiger partial charge in [-0.15, -0.1) is 0 Å². The molecule has 1 fully saturated rings. The second-order valence-electron chi connectivity index (χ2n) is 7.18. The number of pyridine rings is 1. The Labute approximate surface area is 179 Å². The number of benzene rings is 2. The van der Waals surface area contributed by atoms with Crippen LogP contribution >= 0.6 is 11.6 Å². The molecule has 156 valence electrons. The molecule has 2 aromatic carbocycles. The summed E-state index contributed by atoms with van der Waals surface area (Å²) in [7, 11) is -3.86. The maximum absolute atomic E-state index is 13.1. The van der Waals surface area contributed by atoms with E-state index in [1.165, 1.54) is 16.4 Å². The Hall–Kier alpha value is -2.68. The highest BCUT2D eigenvalue weighted by Gasteiger charge is 2.32. The number of aromatic hydroxyl groups is 1. The first-order chi connectivity index (χ1) is 14.3. The number of rotatable bonds is 3. The third-order valence-corrected chi connectivity index (χ3v) is 7.30. The molecular formula is C21H20ClN3O4S. The maximum atomic E-state index is 13.1. The minimum atomic E-state index is -3.86. The van der Waals surface area contributed by atoms with Crippen LogP contribution in [-0.2, 0) is 10.0 Å². The van der Waals surface area contributed by atoms with Gasteiger partial charge in [0.2, 0.25) is 10.0 Å². The van der Waals surface area contributed by atoms with Gasteiger partial charge in [-0.3, -0.25) is 4.79 Å². The van der Waals surface area contributed by atoms with Crippen molar-refractivity contribution in [2.75, 3.05) is 26.2 Å². The zero-order valence-corrected chi connectivity index (χ0v) is 17.8. The molecule has 0 bridgehead atoms. The zero-order valence-electron chi connectivity index (χ0n) is 16.2. The Morgan fingerprint density at radius 3 is 2.50 bits per heavy atom. The van der Waals surface area contributed by atoms with Crippen molar-refractivity contribution in [3.8, 4) is 5.75 Å². The number of carbonyl (C=O) groups excluding carboxylic acids is 1. The lowest BCUT2D eigenvalue weighted by Gasteiger charge is -2.34. The second kappa shape index (κ2) is 7.86. The van der Waals surface area contributed by atoms with E-state index < -0.39 is 10.0 Å². The SMILES string of the molecule is Cc1ccc(O)c(S(=O)(=O)N2CCN(C(=O)c3cc(Cl)nc4ccccc34)CC2)c1. The minimum absolute atomic E-state index is 0.116. The Morgan fingerprint density at radius 1 is 1.07 bits per heavy atom. The number of aromatic nitrogens is 1. The highest BCUT2D eigenvalue weighted by Crippen LogP contribution is 2.28. The molecule has 1 saturated heterocycles. The highest BCUT2D eigenvalue weighted by molar-refractivity contribution is 7.89. The molecule has 1 aliphatic rings. The van der Waals surface area contributed by atoms with Crippen LogP contribution in [0.1, 0.15) is 15.9 Å². The summed E-state index contributed by atoms with van der Waals surface area (Å²) in [5.41, 5.74) is 1.81. The number of sulfonamides is 1. The largest absolute Gasteiger partial charge is 0.507 e. The summed E-state index contributed by atoms with van der Waals surface area (Å²) >= 11 is 6.09. The Kier molecular flexibility index (Phi) is 5.40. The van der Waals surface area contributed by atoms with E-state index in [4.69, 9.17) is 11.6 Å². The number of halogens is 1. The average molecular weight is 446 g/mol. The Bertz CT molecular complexity index is 1240. The number of piperazine rings is 1. The quantitative estimate of drug-likeness (QED) is 0.626. The molecule has 0 atom stereocenters. The number of para-hydroxylation sites is 1. The number of carbonyl (C=O) groups is 1. The molecule has 1 amide bonds. The van der Waals surface area contributed by atoms with Crippen LogP contribution in [0.25, 0.3) is 10.9 Å². The van der Waals surface area contributed by atoms with Crippen LogP contribution < -0.4 is 0 Å². The molecule has 0 unspecified atom stereocenters. The fourth-order valence-corrected chi connectivity index (χ4v) is 5.38. The molecule has 1 aliphatic heterocycles. The predicted octanol–water partition coefficient (Wildman–Crippen LogP) is 3.05. The lowest BCUT2D eigenvalue weighted by atomic mass is 10.1. The molecular weight excluding hydrogens is 426 g/mol. The molecule has 0 aliphatic carbocycles. The number of phenols is 1. The topological polar surface area (TPSA) is 90.8 Å². The summed E-state index contributed by atoms with van der Waals surface area (Å²) < 4.78 is 27.2. The fourth-order valence-electron chi connectivity index (χ4n) is 3.59. The molecule has 9 heteroatoms. The number of hydrogen-bond acceptors (Lipinski definition) is 5. The van der Waals surface area contributed by atoms with Gasteiger partial charge in [-0.05, 0) is 36.8 Å². The van der Waals surface area contributed by atoms with Gasteiger partial charge in [0.15, 0.2) is 0 Å². The monoisotopic (exact) mass is 445 g/mol. The van der Waals surface area contributed by atoms with Crippen molar-refractivity contribution < 1.29 is 18.3 Å². The number of phenolic OH excluding ortho intramolecular Hbond substituents is 1. The third kappa shape index (κ3) is 3.74. The number of nitrogens with zero attached hydrogens (tertiary/aromatic N) is 3. The number of hydrogen-bond donors (Lipinski definition) is 1. The summed E-state index contributed by atoms with van der Waals surface area (Å²) in [6, 6.07) is 13.3. The normalized spacial score (nSPS) is 15.5. The minimum Gasteiger partial charge on any atom is -0.507 e. The van der Waals surface area contributed by atoms with Gasteiger partial charge in [0.05, 0.1) is 11.1 Å². The molecule has 2 heterocycles. The summed E-state index contributed by atoms with van der Waals surface area (Å²) in [6.45, 7) is 2.51. The van der Waals surface area contributed by atoms with Crippen LogP contribution in [0.15, 0.2) is 53.4 Å². The van der Waals surface area contributed by atoms with Gasteiger partial charge in [-0.2, -0.15) is 4.31 Å². The maximum Gasteiger partial charge on any atom is 0.254 e. The van der Waals surface area contributed by atoms with E-state index >= 15 is 0 Å². The van der Waals surface area contributed by atoms with Gasteiger partial charge < -0.3 is 10.0 Å². The third-order valence-electron chi connectivity index (χ3n) is 5.17. The van der Waals surface area contributed by atoms with Crippen molar-refractivity contribution >= 4 is 38.4 Å².